The Balaban J connectivity index is 0.000000219. The number of esters is 2. The summed E-state index contributed by atoms with van der Waals surface area (Å²) in [5.41, 5.74) is 4.08. The van der Waals surface area contributed by atoms with Crippen molar-refractivity contribution in [1.29, 1.82) is 0 Å². The molecule has 0 fully saturated rings. The van der Waals surface area contributed by atoms with Crippen LogP contribution in [-0.2, 0) is 19.3 Å². The third kappa shape index (κ3) is 11.0. The lowest BCUT2D eigenvalue weighted by molar-refractivity contribution is 0.0516. The summed E-state index contributed by atoms with van der Waals surface area (Å²) in [6.07, 6.45) is 9.71. The van der Waals surface area contributed by atoms with E-state index in [0.717, 1.165) is 17.9 Å². The van der Waals surface area contributed by atoms with Crippen LogP contribution < -0.4 is 10.6 Å². The van der Waals surface area contributed by atoms with Gasteiger partial charge < -0.3 is 20.1 Å². The van der Waals surface area contributed by atoms with E-state index in [1.807, 2.05) is 6.92 Å². The number of hydrogen-bond donors (Lipinski definition) is 2. The molecular formula is C38H32Cl2F2N8O6S. The largest absolute Gasteiger partial charge is 0.462 e. The Labute approximate surface area is 335 Å². The molecule has 0 aliphatic carbocycles. The molecule has 19 heteroatoms. The van der Waals surface area contributed by atoms with Crippen LogP contribution in [0.2, 0.25) is 10.0 Å². The van der Waals surface area contributed by atoms with Gasteiger partial charge in [0.2, 0.25) is 11.9 Å². The topological polar surface area (TPSA) is 188 Å². The molecule has 2 aromatic carbocycles. The number of sulfone groups is 1. The van der Waals surface area contributed by atoms with E-state index in [2.05, 4.69) is 40.5 Å². The molecule has 0 atom stereocenters. The summed E-state index contributed by atoms with van der Waals surface area (Å²) in [5, 5.41) is 5.39. The first kappa shape index (κ1) is 42.0. The van der Waals surface area contributed by atoms with Gasteiger partial charge in [0.15, 0.2) is 14.9 Å². The minimum atomic E-state index is -3.78. The number of pyridine rings is 2. The Morgan fingerprint density at radius 1 is 0.684 bits per heavy atom. The molecule has 2 N–H and O–H groups in total. The predicted octanol–water partition coefficient (Wildman–Crippen LogP) is 8.21. The van der Waals surface area contributed by atoms with Crippen LogP contribution in [0.5, 0.6) is 0 Å². The van der Waals surface area contributed by atoms with Crippen LogP contribution in [-0.4, -0.2) is 69.7 Å². The third-order valence-corrected chi connectivity index (χ3v) is 9.15. The molecule has 0 unspecified atom stereocenters. The first-order valence-electron chi connectivity index (χ1n) is 16.8. The lowest BCUT2D eigenvalue weighted by atomic mass is 10.1. The average Bonchev–Trinajstić information content (AvgIpc) is 3.18. The molecule has 4 heterocycles. The highest BCUT2D eigenvalue weighted by Crippen LogP contribution is 2.29. The van der Waals surface area contributed by atoms with Crippen molar-refractivity contribution in [3.05, 3.63) is 124 Å². The molecule has 294 valence electrons. The van der Waals surface area contributed by atoms with Gasteiger partial charge in [-0.1, -0.05) is 23.2 Å². The van der Waals surface area contributed by atoms with Crippen molar-refractivity contribution in [2.24, 2.45) is 0 Å². The summed E-state index contributed by atoms with van der Waals surface area (Å²) in [5.74, 6) is -1.80. The van der Waals surface area contributed by atoms with Crippen molar-refractivity contribution in [2.75, 3.05) is 30.1 Å². The maximum absolute atomic E-state index is 13.3. The first-order valence-corrected chi connectivity index (χ1v) is 19.4. The average molecular weight is 838 g/mol. The molecule has 6 rings (SSSR count). The van der Waals surface area contributed by atoms with E-state index in [9.17, 15) is 26.8 Å². The number of rotatable bonds is 11. The SMILES string of the molecule is CCOC(=O)c1cncc(-c2cnc(Nc3ccc(F)c(Cl)c3)nc2C)c1.CCOC(=O)c1cncc(-c2cnc(Nc3ccc(F)c(Cl)c3)nc2S(C)(=O)=O)c1. The summed E-state index contributed by atoms with van der Waals surface area (Å²) in [6, 6.07) is 11.3. The summed E-state index contributed by atoms with van der Waals surface area (Å²) in [6.45, 7) is 5.71. The highest BCUT2D eigenvalue weighted by Gasteiger charge is 2.21. The van der Waals surface area contributed by atoms with Crippen LogP contribution in [0.1, 0.15) is 40.3 Å². The number of halogens is 4. The Kier molecular flexibility index (Phi) is 13.7. The molecule has 6 aromatic rings. The molecule has 0 saturated carbocycles. The lowest BCUT2D eigenvalue weighted by Gasteiger charge is -2.11. The van der Waals surface area contributed by atoms with Gasteiger partial charge >= 0.3 is 11.9 Å². The summed E-state index contributed by atoms with van der Waals surface area (Å²) in [4.78, 5) is 48.8. The van der Waals surface area contributed by atoms with Gasteiger partial charge in [-0.15, -0.1) is 0 Å². The first-order chi connectivity index (χ1) is 27.2. The quantitative estimate of drug-likeness (QED) is 0.0938. The van der Waals surface area contributed by atoms with Crippen LogP contribution >= 0.6 is 23.2 Å². The third-order valence-electron chi connectivity index (χ3n) is 7.56. The molecule has 0 aliphatic rings. The zero-order valence-electron chi connectivity index (χ0n) is 30.5. The van der Waals surface area contributed by atoms with E-state index >= 15 is 0 Å². The molecule has 0 radical (unpaired) electrons. The summed E-state index contributed by atoms with van der Waals surface area (Å²) < 4.78 is 61.2. The molecule has 14 nitrogen and oxygen atoms in total. The Morgan fingerprint density at radius 2 is 1.14 bits per heavy atom. The van der Waals surface area contributed by atoms with Crippen molar-refractivity contribution in [1.82, 2.24) is 29.9 Å². The second kappa shape index (κ2) is 18.6. The van der Waals surface area contributed by atoms with E-state index in [1.165, 1.54) is 55.1 Å². The Hall–Kier alpha value is -6.17. The fourth-order valence-electron chi connectivity index (χ4n) is 4.95. The minimum Gasteiger partial charge on any atom is -0.462 e. The number of carbonyl (C=O) groups is 2. The summed E-state index contributed by atoms with van der Waals surface area (Å²) in [7, 11) is -3.78. The fourth-order valence-corrected chi connectivity index (χ4v) is 6.13. The standard InChI is InChI=1S/C19H16ClFN4O4S.C19H16ClFN4O2/c1-3-29-18(26)12-6-11(8-22-9-12)14-10-23-19(25-17(14)30(2,27)28)24-13-4-5-16(21)15(20)7-13;1-3-27-18(26)13-6-12(8-22-9-13)15-10-23-19(24-11(15)2)25-14-4-5-17(21)16(20)7-14/h4-10H,3H2,1-2H3,(H,23,24,25);4-10H,3H2,1-2H3,(H,23,24,25). The van der Waals surface area contributed by atoms with E-state index in [0.29, 0.717) is 46.3 Å². The lowest BCUT2D eigenvalue weighted by Crippen LogP contribution is -2.09. The molecular weight excluding hydrogens is 805 g/mol. The van der Waals surface area contributed by atoms with E-state index in [4.69, 9.17) is 32.7 Å². The number of hydrogen-bond acceptors (Lipinski definition) is 14. The van der Waals surface area contributed by atoms with Gasteiger partial charge in [-0.05, 0) is 69.3 Å². The van der Waals surface area contributed by atoms with Crippen molar-refractivity contribution in [3.8, 4) is 22.3 Å². The van der Waals surface area contributed by atoms with Crippen molar-refractivity contribution in [3.63, 3.8) is 0 Å². The monoisotopic (exact) mass is 836 g/mol. The number of carbonyl (C=O) groups excluding carboxylic acids is 2. The molecule has 0 aliphatic heterocycles. The predicted molar refractivity (Wildman–Crippen MR) is 210 cm³/mol. The van der Waals surface area contributed by atoms with Gasteiger partial charge in [-0.2, -0.15) is 0 Å². The number of nitrogens with one attached hydrogen (secondary N) is 2. The second-order valence-electron chi connectivity index (χ2n) is 11.8. The molecule has 0 bridgehead atoms. The fraction of sp³-hybridized carbons (Fsp3) is 0.158. The number of benzene rings is 2. The van der Waals surface area contributed by atoms with Gasteiger partial charge in [0.05, 0.1) is 40.1 Å². The van der Waals surface area contributed by atoms with Gasteiger partial charge in [-0.3, -0.25) is 9.97 Å². The van der Waals surface area contributed by atoms with Gasteiger partial charge in [-0.25, -0.2) is 46.7 Å². The van der Waals surface area contributed by atoms with Crippen molar-refractivity contribution >= 4 is 68.2 Å². The zero-order valence-corrected chi connectivity index (χ0v) is 32.9. The highest BCUT2D eigenvalue weighted by molar-refractivity contribution is 7.90. The molecule has 0 amide bonds. The number of aryl methyl sites for hydroxylation is 1. The smallest absolute Gasteiger partial charge is 0.339 e. The highest BCUT2D eigenvalue weighted by atomic mass is 35.5. The number of ether oxygens (including phenoxy) is 2. The molecule has 4 aromatic heterocycles. The number of nitrogens with zero attached hydrogens (tertiary/aromatic N) is 6. The van der Waals surface area contributed by atoms with E-state index < -0.39 is 33.4 Å². The molecule has 0 saturated heterocycles. The normalized spacial score (nSPS) is 10.9. The molecule has 57 heavy (non-hydrogen) atoms. The maximum Gasteiger partial charge on any atom is 0.339 e. The summed E-state index contributed by atoms with van der Waals surface area (Å²) >= 11 is 11.5. The number of aromatic nitrogens is 6. The van der Waals surface area contributed by atoms with E-state index in [1.54, 1.807) is 38.4 Å². The maximum atomic E-state index is 13.3. The van der Waals surface area contributed by atoms with Crippen LogP contribution in [0.25, 0.3) is 22.3 Å². The Bertz CT molecular complexity index is 2570. The van der Waals surface area contributed by atoms with Crippen LogP contribution in [0, 0.1) is 18.6 Å². The minimum absolute atomic E-state index is 0.00944. The second-order valence-corrected chi connectivity index (χ2v) is 14.5. The van der Waals surface area contributed by atoms with Crippen molar-refractivity contribution in [2.45, 2.75) is 25.8 Å². The van der Waals surface area contributed by atoms with Crippen molar-refractivity contribution < 1.29 is 36.3 Å². The number of anilines is 4. The molecule has 0 spiro atoms. The Morgan fingerprint density at radius 3 is 1.58 bits per heavy atom. The van der Waals surface area contributed by atoms with Gasteiger partial charge in [0, 0.05) is 77.1 Å². The van der Waals surface area contributed by atoms with Gasteiger partial charge in [0.25, 0.3) is 0 Å². The van der Waals surface area contributed by atoms with Gasteiger partial charge in [0.1, 0.15) is 11.6 Å². The van der Waals surface area contributed by atoms with Crippen LogP contribution in [0.3, 0.4) is 0 Å². The van der Waals surface area contributed by atoms with E-state index in [-0.39, 0.29) is 38.8 Å². The zero-order chi connectivity index (χ0) is 41.3. The van der Waals surface area contributed by atoms with Crippen LogP contribution in [0.15, 0.2) is 90.7 Å². The van der Waals surface area contributed by atoms with Crippen LogP contribution in [0.4, 0.5) is 32.1 Å².